The summed E-state index contributed by atoms with van der Waals surface area (Å²) in [5.74, 6) is 0.860. The second-order valence-corrected chi connectivity index (χ2v) is 4.22. The van der Waals surface area contributed by atoms with Crippen molar-refractivity contribution in [2.45, 2.75) is 13.1 Å². The van der Waals surface area contributed by atoms with Gasteiger partial charge in [0.2, 0.25) is 0 Å². The molecule has 0 aromatic heterocycles. The van der Waals surface area contributed by atoms with Crippen LogP contribution in [0.1, 0.15) is 16.7 Å². The predicted molar refractivity (Wildman–Crippen MR) is 74.7 cm³/mol. The molecule has 0 aliphatic heterocycles. The highest BCUT2D eigenvalue weighted by atomic mass is 16.5. The zero-order chi connectivity index (χ0) is 13.5. The average Bonchev–Trinajstić information content (AvgIpc) is 2.48. The van der Waals surface area contributed by atoms with Crippen molar-refractivity contribution in [2.75, 3.05) is 7.11 Å². The number of hydrogen-bond acceptors (Lipinski definition) is 3. The van der Waals surface area contributed by atoms with E-state index in [0.717, 1.165) is 23.4 Å². The summed E-state index contributed by atoms with van der Waals surface area (Å²) in [7, 11) is 1.66. The van der Waals surface area contributed by atoms with Crippen molar-refractivity contribution in [3.05, 3.63) is 65.2 Å². The Hall–Kier alpha value is -2.31. The van der Waals surface area contributed by atoms with Crippen LogP contribution < -0.4 is 10.1 Å². The Morgan fingerprint density at radius 1 is 1.05 bits per heavy atom. The summed E-state index contributed by atoms with van der Waals surface area (Å²) >= 11 is 0. The minimum Gasteiger partial charge on any atom is -0.497 e. The Morgan fingerprint density at radius 3 is 2.47 bits per heavy atom. The van der Waals surface area contributed by atoms with E-state index in [1.807, 2.05) is 48.5 Å². The molecule has 0 saturated heterocycles. The summed E-state index contributed by atoms with van der Waals surface area (Å²) in [4.78, 5) is 0. The van der Waals surface area contributed by atoms with Crippen LogP contribution in [0.2, 0.25) is 0 Å². The fourth-order valence-electron chi connectivity index (χ4n) is 1.87. The number of nitrogens with zero attached hydrogens (tertiary/aromatic N) is 1. The molecule has 3 heteroatoms. The molecule has 96 valence electrons. The van der Waals surface area contributed by atoms with Crippen molar-refractivity contribution in [1.29, 1.82) is 5.26 Å². The van der Waals surface area contributed by atoms with Gasteiger partial charge < -0.3 is 10.1 Å². The molecule has 2 aromatic carbocycles. The van der Waals surface area contributed by atoms with Gasteiger partial charge in [-0.1, -0.05) is 30.3 Å². The van der Waals surface area contributed by atoms with Crippen molar-refractivity contribution in [2.24, 2.45) is 0 Å². The van der Waals surface area contributed by atoms with Gasteiger partial charge in [-0.25, -0.2) is 0 Å². The highest BCUT2D eigenvalue weighted by Gasteiger charge is 2.00. The van der Waals surface area contributed by atoms with E-state index < -0.39 is 0 Å². The zero-order valence-corrected chi connectivity index (χ0v) is 10.9. The normalized spacial score (nSPS) is 9.89. The van der Waals surface area contributed by atoms with Gasteiger partial charge in [-0.2, -0.15) is 5.26 Å². The lowest BCUT2D eigenvalue weighted by Gasteiger charge is -2.07. The predicted octanol–water partition coefficient (Wildman–Crippen LogP) is 2.86. The van der Waals surface area contributed by atoms with Gasteiger partial charge in [0.15, 0.2) is 0 Å². The number of ether oxygens (including phenoxy) is 1. The Bertz CT molecular complexity index is 570. The Kier molecular flexibility index (Phi) is 4.54. The smallest absolute Gasteiger partial charge is 0.118 e. The largest absolute Gasteiger partial charge is 0.497 e. The minimum atomic E-state index is 0.690. The van der Waals surface area contributed by atoms with Crippen LogP contribution >= 0.6 is 0 Å². The monoisotopic (exact) mass is 252 g/mol. The molecule has 0 spiro atoms. The first kappa shape index (κ1) is 13.1. The van der Waals surface area contributed by atoms with Crippen LogP contribution in [-0.2, 0) is 13.1 Å². The first-order valence-electron chi connectivity index (χ1n) is 6.15. The molecule has 19 heavy (non-hydrogen) atoms. The van der Waals surface area contributed by atoms with Crippen LogP contribution in [0.4, 0.5) is 0 Å². The van der Waals surface area contributed by atoms with E-state index in [0.29, 0.717) is 6.54 Å². The van der Waals surface area contributed by atoms with Crippen molar-refractivity contribution in [3.8, 4) is 11.8 Å². The molecule has 2 rings (SSSR count). The fourth-order valence-corrected chi connectivity index (χ4v) is 1.87. The van der Waals surface area contributed by atoms with Crippen LogP contribution in [0.25, 0.3) is 0 Å². The van der Waals surface area contributed by atoms with Gasteiger partial charge in [0.05, 0.1) is 18.7 Å². The Morgan fingerprint density at radius 2 is 1.79 bits per heavy atom. The first-order valence-corrected chi connectivity index (χ1v) is 6.15. The molecule has 0 saturated carbocycles. The fraction of sp³-hybridized carbons (Fsp3) is 0.188. The van der Waals surface area contributed by atoms with Gasteiger partial charge >= 0.3 is 0 Å². The van der Waals surface area contributed by atoms with E-state index in [1.165, 1.54) is 5.56 Å². The SMILES string of the molecule is COc1ccc(CNCc2ccccc2C#N)cc1. The molecule has 0 heterocycles. The second-order valence-electron chi connectivity index (χ2n) is 4.22. The standard InChI is InChI=1S/C16H16N2O/c1-19-16-8-6-13(7-9-16)11-18-12-15-5-3-2-4-14(15)10-17/h2-9,18H,11-12H2,1H3. The molecule has 0 radical (unpaired) electrons. The maximum atomic E-state index is 9.00. The molecule has 0 aliphatic rings. The number of rotatable bonds is 5. The van der Waals surface area contributed by atoms with E-state index in [4.69, 9.17) is 10.00 Å². The lowest BCUT2D eigenvalue weighted by molar-refractivity contribution is 0.414. The summed E-state index contributed by atoms with van der Waals surface area (Å²) in [5.41, 5.74) is 2.94. The molecule has 1 N–H and O–H groups in total. The molecule has 2 aromatic rings. The molecule has 0 aliphatic carbocycles. The van der Waals surface area contributed by atoms with E-state index in [9.17, 15) is 0 Å². The van der Waals surface area contributed by atoms with E-state index in [-0.39, 0.29) is 0 Å². The van der Waals surface area contributed by atoms with E-state index in [1.54, 1.807) is 7.11 Å². The first-order chi connectivity index (χ1) is 9.33. The molecule has 0 fully saturated rings. The maximum absolute atomic E-state index is 9.00. The molecule has 0 bridgehead atoms. The summed E-state index contributed by atoms with van der Waals surface area (Å²) in [6, 6.07) is 17.8. The van der Waals surface area contributed by atoms with Gasteiger partial charge in [-0.3, -0.25) is 0 Å². The number of nitrogens with one attached hydrogen (secondary N) is 1. The summed E-state index contributed by atoms with van der Waals surface area (Å²) in [6.45, 7) is 1.46. The molecular weight excluding hydrogens is 236 g/mol. The zero-order valence-electron chi connectivity index (χ0n) is 10.9. The van der Waals surface area contributed by atoms with Gasteiger partial charge in [0, 0.05) is 13.1 Å². The Labute approximate surface area is 113 Å². The van der Waals surface area contributed by atoms with Crippen LogP contribution in [0.3, 0.4) is 0 Å². The van der Waals surface area contributed by atoms with E-state index >= 15 is 0 Å². The second kappa shape index (κ2) is 6.58. The summed E-state index contributed by atoms with van der Waals surface area (Å²) < 4.78 is 5.12. The van der Waals surface area contributed by atoms with Crippen molar-refractivity contribution in [3.63, 3.8) is 0 Å². The lowest BCUT2D eigenvalue weighted by Crippen LogP contribution is -2.13. The van der Waals surface area contributed by atoms with Crippen molar-refractivity contribution in [1.82, 2.24) is 5.32 Å². The molecule has 0 unspecified atom stereocenters. The molecule has 0 amide bonds. The third kappa shape index (κ3) is 3.57. The van der Waals surface area contributed by atoms with Crippen molar-refractivity contribution < 1.29 is 4.74 Å². The van der Waals surface area contributed by atoms with Crippen molar-refractivity contribution >= 4 is 0 Å². The van der Waals surface area contributed by atoms with Crippen LogP contribution in [0.15, 0.2) is 48.5 Å². The van der Waals surface area contributed by atoms with Gasteiger partial charge in [0.25, 0.3) is 0 Å². The topological polar surface area (TPSA) is 45.0 Å². The highest BCUT2D eigenvalue weighted by molar-refractivity contribution is 5.37. The van der Waals surface area contributed by atoms with Crippen LogP contribution in [0.5, 0.6) is 5.75 Å². The molecule has 3 nitrogen and oxygen atoms in total. The Balaban J connectivity index is 1.91. The summed E-state index contributed by atoms with van der Waals surface area (Å²) in [6.07, 6.45) is 0. The number of nitriles is 1. The molecule has 0 atom stereocenters. The number of methoxy groups -OCH3 is 1. The third-order valence-corrected chi connectivity index (χ3v) is 2.94. The quantitative estimate of drug-likeness (QED) is 0.890. The van der Waals surface area contributed by atoms with E-state index in [2.05, 4.69) is 11.4 Å². The number of benzene rings is 2. The lowest BCUT2D eigenvalue weighted by atomic mass is 10.1. The van der Waals surface area contributed by atoms with Crippen LogP contribution in [-0.4, -0.2) is 7.11 Å². The maximum Gasteiger partial charge on any atom is 0.118 e. The number of hydrogen-bond donors (Lipinski definition) is 1. The summed E-state index contributed by atoms with van der Waals surface area (Å²) in [5, 5.41) is 12.3. The third-order valence-electron chi connectivity index (χ3n) is 2.94. The van der Waals surface area contributed by atoms with Gasteiger partial charge in [-0.15, -0.1) is 0 Å². The highest BCUT2D eigenvalue weighted by Crippen LogP contribution is 2.11. The minimum absolute atomic E-state index is 0.690. The van der Waals surface area contributed by atoms with Gasteiger partial charge in [0.1, 0.15) is 5.75 Å². The molecular formula is C16H16N2O. The van der Waals surface area contributed by atoms with Crippen LogP contribution in [0, 0.1) is 11.3 Å². The average molecular weight is 252 g/mol. The van der Waals surface area contributed by atoms with Gasteiger partial charge in [-0.05, 0) is 29.3 Å².